The summed E-state index contributed by atoms with van der Waals surface area (Å²) in [5.41, 5.74) is 0. The second-order valence-corrected chi connectivity index (χ2v) is 5.02. The first-order valence-electron chi connectivity index (χ1n) is 2.37. The quantitative estimate of drug-likeness (QED) is 0.508. The summed E-state index contributed by atoms with van der Waals surface area (Å²) in [7, 11) is 0. The van der Waals surface area contributed by atoms with Gasteiger partial charge in [0.15, 0.2) is 0 Å². The standard InChI is InChI=1S/C3Cl6.C2H2F2/c4-1(2(5)6)3(7,8)9;1-2(3)4/h;1H2. The largest absolute Gasteiger partial charge is 0.263 e. The first-order chi connectivity index (χ1) is 5.59. The lowest BCUT2D eigenvalue weighted by Gasteiger charge is -2.07. The van der Waals surface area contributed by atoms with E-state index in [1.54, 1.807) is 0 Å². The van der Waals surface area contributed by atoms with Crippen molar-refractivity contribution < 1.29 is 8.78 Å². The van der Waals surface area contributed by atoms with E-state index >= 15 is 0 Å². The lowest BCUT2D eigenvalue weighted by Crippen LogP contribution is -2.01. The van der Waals surface area contributed by atoms with Gasteiger partial charge in [-0.2, -0.15) is 8.78 Å². The van der Waals surface area contributed by atoms with Crippen LogP contribution in [0.5, 0.6) is 0 Å². The first-order valence-corrected chi connectivity index (χ1v) is 4.63. The molecule has 0 aromatic heterocycles. The summed E-state index contributed by atoms with van der Waals surface area (Å²) >= 11 is 31.4. The number of rotatable bonds is 0. The molecule has 0 rings (SSSR count). The van der Waals surface area contributed by atoms with Gasteiger partial charge in [-0.05, 0) is 6.58 Å². The molecule has 0 amide bonds. The second kappa shape index (κ2) is 7.38. The van der Waals surface area contributed by atoms with Crippen LogP contribution in [0.1, 0.15) is 0 Å². The van der Waals surface area contributed by atoms with Gasteiger partial charge in [0, 0.05) is 0 Å². The molecule has 0 saturated heterocycles. The van der Waals surface area contributed by atoms with Crippen LogP contribution in [0, 0.1) is 0 Å². The molecular formula is C5H2Cl6F2. The highest BCUT2D eigenvalue weighted by atomic mass is 35.6. The third-order valence-electron chi connectivity index (χ3n) is 0.415. The molecule has 0 spiro atoms. The molecule has 0 aliphatic heterocycles. The Balaban J connectivity index is 0. The topological polar surface area (TPSA) is 0 Å². The molecule has 0 heterocycles. The highest BCUT2D eigenvalue weighted by Gasteiger charge is 2.26. The highest BCUT2D eigenvalue weighted by molar-refractivity contribution is 6.75. The summed E-state index contributed by atoms with van der Waals surface area (Å²) in [5.74, 6) is 0. The molecular weight excluding hydrogens is 311 g/mol. The molecule has 0 unspecified atom stereocenters. The van der Waals surface area contributed by atoms with Gasteiger partial charge < -0.3 is 0 Å². The third kappa shape index (κ3) is 13.1. The van der Waals surface area contributed by atoms with Gasteiger partial charge in [-0.3, -0.25) is 0 Å². The average Bonchev–Trinajstić information content (AvgIpc) is 1.82. The molecule has 0 radical (unpaired) electrons. The summed E-state index contributed by atoms with van der Waals surface area (Å²) in [5, 5.41) is -0.198. The van der Waals surface area contributed by atoms with Gasteiger partial charge in [-0.25, -0.2) is 0 Å². The summed E-state index contributed by atoms with van der Waals surface area (Å²) in [6, 6.07) is 0. The Hall–Kier alpha value is 1.08. The summed E-state index contributed by atoms with van der Waals surface area (Å²) in [6.45, 7) is 2.22. The van der Waals surface area contributed by atoms with Crippen LogP contribution < -0.4 is 0 Å². The van der Waals surface area contributed by atoms with E-state index in [0.717, 1.165) is 0 Å². The monoisotopic (exact) mass is 310 g/mol. The maximum absolute atomic E-state index is 10.1. The van der Waals surface area contributed by atoms with Crippen molar-refractivity contribution in [2.24, 2.45) is 0 Å². The SMILES string of the molecule is C=C(F)F.ClC(Cl)=C(Cl)C(Cl)(Cl)Cl. The smallest absolute Gasteiger partial charge is 0.174 e. The molecule has 0 aliphatic carbocycles. The highest BCUT2D eigenvalue weighted by Crippen LogP contribution is 2.40. The van der Waals surface area contributed by atoms with Gasteiger partial charge in [0.25, 0.3) is 6.08 Å². The minimum atomic E-state index is -1.83. The van der Waals surface area contributed by atoms with Crippen molar-refractivity contribution in [3.8, 4) is 0 Å². The number of halogens is 8. The van der Waals surface area contributed by atoms with E-state index in [9.17, 15) is 8.78 Å². The number of hydrogen-bond acceptors (Lipinski definition) is 0. The maximum atomic E-state index is 10.1. The predicted molar refractivity (Wildman–Crippen MR) is 56.2 cm³/mol. The lowest BCUT2D eigenvalue weighted by molar-refractivity contribution is 0.426. The van der Waals surface area contributed by atoms with Crippen LogP contribution >= 0.6 is 69.6 Å². The zero-order chi connectivity index (χ0) is 11.2. The molecule has 0 bridgehead atoms. The summed E-state index contributed by atoms with van der Waals surface area (Å²) in [4.78, 5) is 0. The van der Waals surface area contributed by atoms with E-state index in [1.807, 2.05) is 0 Å². The molecule has 0 fully saturated rings. The Morgan fingerprint density at radius 1 is 1.00 bits per heavy atom. The fourth-order valence-corrected chi connectivity index (χ4v) is 0.964. The van der Waals surface area contributed by atoms with E-state index < -0.39 is 9.87 Å². The van der Waals surface area contributed by atoms with E-state index in [1.165, 1.54) is 0 Å². The zero-order valence-corrected chi connectivity index (χ0v) is 10.3. The van der Waals surface area contributed by atoms with Crippen LogP contribution in [-0.4, -0.2) is 3.79 Å². The van der Waals surface area contributed by atoms with Crippen molar-refractivity contribution in [3.63, 3.8) is 0 Å². The summed E-state index contributed by atoms with van der Waals surface area (Å²) < 4.78 is 18.3. The van der Waals surface area contributed by atoms with Crippen molar-refractivity contribution in [1.82, 2.24) is 0 Å². The first kappa shape index (κ1) is 16.5. The van der Waals surface area contributed by atoms with Crippen LogP contribution in [0.15, 0.2) is 22.2 Å². The van der Waals surface area contributed by atoms with E-state index in [-0.39, 0.29) is 9.52 Å². The van der Waals surface area contributed by atoms with E-state index in [0.29, 0.717) is 0 Å². The Morgan fingerprint density at radius 2 is 1.23 bits per heavy atom. The fraction of sp³-hybridized carbons (Fsp3) is 0.200. The van der Waals surface area contributed by atoms with Crippen LogP contribution in [0.25, 0.3) is 0 Å². The Kier molecular flexibility index (Phi) is 9.37. The van der Waals surface area contributed by atoms with Crippen LogP contribution in [0.4, 0.5) is 8.78 Å². The molecule has 13 heavy (non-hydrogen) atoms. The Labute approximate surface area is 104 Å². The predicted octanol–water partition coefficient (Wildman–Crippen LogP) is 5.64. The van der Waals surface area contributed by atoms with Crippen molar-refractivity contribution in [1.29, 1.82) is 0 Å². The number of alkyl halides is 3. The van der Waals surface area contributed by atoms with E-state index in [2.05, 4.69) is 6.58 Å². The molecule has 0 aromatic carbocycles. The van der Waals surface area contributed by atoms with Crippen LogP contribution in [-0.2, 0) is 0 Å². The van der Waals surface area contributed by atoms with Gasteiger partial charge in [0.2, 0.25) is 3.79 Å². The van der Waals surface area contributed by atoms with Gasteiger partial charge in [-0.15, -0.1) is 0 Å². The summed E-state index contributed by atoms with van der Waals surface area (Å²) in [6.07, 6.45) is -1.83. The number of hydrogen-bond donors (Lipinski definition) is 0. The molecule has 0 atom stereocenters. The molecule has 0 N–H and O–H groups in total. The van der Waals surface area contributed by atoms with Crippen molar-refractivity contribution >= 4 is 69.6 Å². The normalized spacial score (nSPS) is 9.85. The second-order valence-electron chi connectivity index (χ2n) is 1.41. The lowest BCUT2D eigenvalue weighted by atomic mass is 10.7. The Morgan fingerprint density at radius 3 is 1.23 bits per heavy atom. The molecule has 0 saturated carbocycles. The van der Waals surface area contributed by atoms with Crippen LogP contribution in [0.3, 0.4) is 0 Å². The molecule has 0 nitrogen and oxygen atoms in total. The van der Waals surface area contributed by atoms with Crippen molar-refractivity contribution in [3.05, 3.63) is 22.2 Å². The number of allylic oxidation sites excluding steroid dienone is 1. The van der Waals surface area contributed by atoms with Crippen LogP contribution in [0.2, 0.25) is 0 Å². The Bertz CT molecular complexity index is 198. The molecule has 78 valence electrons. The van der Waals surface area contributed by atoms with Gasteiger partial charge in [0.1, 0.15) is 4.49 Å². The average molecular weight is 313 g/mol. The maximum Gasteiger partial charge on any atom is 0.263 e. The van der Waals surface area contributed by atoms with Crippen molar-refractivity contribution in [2.45, 2.75) is 3.79 Å². The van der Waals surface area contributed by atoms with Gasteiger partial charge in [0.05, 0.1) is 5.03 Å². The van der Waals surface area contributed by atoms with Gasteiger partial charge in [-0.1, -0.05) is 69.6 Å². The minimum Gasteiger partial charge on any atom is -0.174 e. The third-order valence-corrected chi connectivity index (χ3v) is 2.32. The fourth-order valence-electron chi connectivity index (χ4n) is 0.107. The van der Waals surface area contributed by atoms with Crippen molar-refractivity contribution in [2.75, 3.05) is 0 Å². The van der Waals surface area contributed by atoms with Gasteiger partial charge >= 0.3 is 0 Å². The molecule has 0 aliphatic rings. The van der Waals surface area contributed by atoms with E-state index in [4.69, 9.17) is 69.6 Å². The minimum absolute atomic E-state index is 0.198. The molecule has 8 heteroatoms. The zero-order valence-electron chi connectivity index (χ0n) is 5.73. The molecule has 0 aromatic rings.